The molecule has 1 aromatic carbocycles. The summed E-state index contributed by atoms with van der Waals surface area (Å²) in [4.78, 5) is 19.6. The number of nitrogens with zero attached hydrogens (tertiary/aromatic N) is 1. The van der Waals surface area contributed by atoms with Crippen LogP contribution in [0.4, 0.5) is 0 Å². The molecule has 1 aliphatic heterocycles. The van der Waals surface area contributed by atoms with Crippen molar-refractivity contribution in [2.45, 2.75) is 44.6 Å². The Hall–Kier alpha value is -1.88. The lowest BCUT2D eigenvalue weighted by Crippen LogP contribution is -2.25. The molecule has 22 heavy (non-hydrogen) atoms. The second-order valence-electron chi connectivity index (χ2n) is 5.83. The first-order valence-corrected chi connectivity index (χ1v) is 8.13. The Morgan fingerprint density at radius 3 is 3.14 bits per heavy atom. The molecule has 0 bridgehead atoms. The summed E-state index contributed by atoms with van der Waals surface area (Å²) in [6, 6.07) is 8.01. The number of aryl methyl sites for hydroxylation is 1. The molecule has 5 nitrogen and oxygen atoms in total. The van der Waals surface area contributed by atoms with Gasteiger partial charge in [-0.25, -0.2) is 4.98 Å². The van der Waals surface area contributed by atoms with E-state index in [0.29, 0.717) is 19.1 Å². The van der Waals surface area contributed by atoms with Gasteiger partial charge < -0.3 is 15.0 Å². The van der Waals surface area contributed by atoms with Gasteiger partial charge in [0.2, 0.25) is 5.91 Å². The molecule has 1 aliphatic rings. The number of hydrogen-bond acceptors (Lipinski definition) is 3. The zero-order valence-electron chi connectivity index (χ0n) is 12.8. The van der Waals surface area contributed by atoms with E-state index in [4.69, 9.17) is 4.74 Å². The maximum atomic E-state index is 11.8. The Bertz CT molecular complexity index is 584. The van der Waals surface area contributed by atoms with Gasteiger partial charge in [-0.15, -0.1) is 0 Å². The molecule has 1 atom stereocenters. The van der Waals surface area contributed by atoms with E-state index in [0.717, 1.165) is 55.6 Å². The van der Waals surface area contributed by atoms with Crippen LogP contribution in [-0.4, -0.2) is 35.1 Å². The molecule has 0 unspecified atom stereocenters. The molecule has 3 rings (SSSR count). The van der Waals surface area contributed by atoms with Crippen LogP contribution < -0.4 is 5.32 Å². The smallest absolute Gasteiger partial charge is 0.220 e. The highest BCUT2D eigenvalue weighted by Crippen LogP contribution is 2.16. The van der Waals surface area contributed by atoms with Crippen LogP contribution in [-0.2, 0) is 16.0 Å². The summed E-state index contributed by atoms with van der Waals surface area (Å²) in [5, 5.41) is 2.97. The predicted octanol–water partition coefficient (Wildman–Crippen LogP) is 2.57. The number of aromatic nitrogens is 2. The summed E-state index contributed by atoms with van der Waals surface area (Å²) >= 11 is 0. The van der Waals surface area contributed by atoms with E-state index in [9.17, 15) is 4.79 Å². The van der Waals surface area contributed by atoms with Crippen LogP contribution in [0.1, 0.15) is 37.9 Å². The minimum absolute atomic E-state index is 0.125. The first kappa shape index (κ1) is 15.0. The van der Waals surface area contributed by atoms with Crippen LogP contribution in [0.25, 0.3) is 11.0 Å². The summed E-state index contributed by atoms with van der Waals surface area (Å²) in [5.41, 5.74) is 2.07. The zero-order chi connectivity index (χ0) is 15.2. The second-order valence-corrected chi connectivity index (χ2v) is 5.83. The van der Waals surface area contributed by atoms with Crippen molar-refractivity contribution in [1.29, 1.82) is 0 Å². The van der Waals surface area contributed by atoms with E-state index < -0.39 is 0 Å². The van der Waals surface area contributed by atoms with Crippen LogP contribution in [0.5, 0.6) is 0 Å². The van der Waals surface area contributed by atoms with Crippen molar-refractivity contribution in [3.8, 4) is 0 Å². The molecule has 2 N–H and O–H groups in total. The van der Waals surface area contributed by atoms with Crippen molar-refractivity contribution in [2.75, 3.05) is 13.2 Å². The maximum absolute atomic E-state index is 11.8. The average Bonchev–Trinajstić information content (AvgIpc) is 3.18. The number of carbonyl (C=O) groups is 1. The van der Waals surface area contributed by atoms with Gasteiger partial charge in [0.05, 0.1) is 17.1 Å². The number of nitrogens with one attached hydrogen (secondary N) is 2. The molecular formula is C17H23N3O2. The fraction of sp³-hybridized carbons (Fsp3) is 0.529. The molecule has 0 saturated carbocycles. The van der Waals surface area contributed by atoms with Gasteiger partial charge in [-0.1, -0.05) is 12.1 Å². The van der Waals surface area contributed by atoms with Crippen LogP contribution in [0.15, 0.2) is 24.3 Å². The predicted molar refractivity (Wildman–Crippen MR) is 85.6 cm³/mol. The van der Waals surface area contributed by atoms with E-state index in [1.165, 1.54) is 0 Å². The lowest BCUT2D eigenvalue weighted by molar-refractivity contribution is -0.121. The van der Waals surface area contributed by atoms with Gasteiger partial charge in [-0.3, -0.25) is 4.79 Å². The largest absolute Gasteiger partial charge is 0.378 e. The molecule has 0 radical (unpaired) electrons. The van der Waals surface area contributed by atoms with Gasteiger partial charge in [-0.05, 0) is 37.8 Å². The van der Waals surface area contributed by atoms with E-state index in [1.54, 1.807) is 0 Å². The monoisotopic (exact) mass is 301 g/mol. The molecule has 5 heteroatoms. The Morgan fingerprint density at radius 1 is 1.41 bits per heavy atom. The molecule has 1 saturated heterocycles. The van der Waals surface area contributed by atoms with Crippen molar-refractivity contribution in [1.82, 2.24) is 15.3 Å². The number of rotatable bonds is 7. The van der Waals surface area contributed by atoms with E-state index >= 15 is 0 Å². The lowest BCUT2D eigenvalue weighted by atomic mass is 10.1. The van der Waals surface area contributed by atoms with Crippen LogP contribution in [0.2, 0.25) is 0 Å². The number of benzene rings is 1. The Morgan fingerprint density at radius 2 is 2.32 bits per heavy atom. The van der Waals surface area contributed by atoms with Crippen molar-refractivity contribution in [3.05, 3.63) is 30.1 Å². The lowest BCUT2D eigenvalue weighted by Gasteiger charge is -2.09. The van der Waals surface area contributed by atoms with Gasteiger partial charge in [-0.2, -0.15) is 0 Å². The van der Waals surface area contributed by atoms with Gasteiger partial charge in [0.25, 0.3) is 0 Å². The van der Waals surface area contributed by atoms with Gasteiger partial charge >= 0.3 is 0 Å². The molecule has 1 amide bonds. The highest BCUT2D eigenvalue weighted by Gasteiger charge is 2.16. The number of aromatic amines is 1. The third kappa shape index (κ3) is 4.07. The molecule has 118 valence electrons. The number of H-pyrrole nitrogens is 1. The third-order valence-electron chi connectivity index (χ3n) is 4.07. The Labute approximate surface area is 130 Å². The second kappa shape index (κ2) is 7.40. The Kier molecular flexibility index (Phi) is 5.06. The molecular weight excluding hydrogens is 278 g/mol. The molecule has 0 aliphatic carbocycles. The summed E-state index contributed by atoms with van der Waals surface area (Å²) < 4.78 is 5.52. The summed E-state index contributed by atoms with van der Waals surface area (Å²) in [6.45, 7) is 1.55. The van der Waals surface area contributed by atoms with Crippen LogP contribution in [0.3, 0.4) is 0 Å². The number of carbonyl (C=O) groups excluding carboxylic acids is 1. The third-order valence-corrected chi connectivity index (χ3v) is 4.07. The number of amides is 1. The summed E-state index contributed by atoms with van der Waals surface area (Å²) in [7, 11) is 0. The molecule has 1 fully saturated rings. The number of ether oxygens (including phenoxy) is 1. The summed E-state index contributed by atoms with van der Waals surface area (Å²) in [5.74, 6) is 1.11. The molecule has 2 aromatic rings. The van der Waals surface area contributed by atoms with Crippen molar-refractivity contribution >= 4 is 16.9 Å². The minimum Gasteiger partial charge on any atom is -0.378 e. The average molecular weight is 301 g/mol. The van der Waals surface area contributed by atoms with E-state index in [-0.39, 0.29) is 5.91 Å². The van der Waals surface area contributed by atoms with Crippen molar-refractivity contribution < 1.29 is 9.53 Å². The van der Waals surface area contributed by atoms with Gasteiger partial charge in [0.1, 0.15) is 5.82 Å². The quantitative estimate of drug-likeness (QED) is 0.772. The topological polar surface area (TPSA) is 67.0 Å². The fourth-order valence-corrected chi connectivity index (χ4v) is 2.86. The van der Waals surface area contributed by atoms with Crippen molar-refractivity contribution in [2.24, 2.45) is 0 Å². The van der Waals surface area contributed by atoms with Gasteiger partial charge in [0, 0.05) is 26.0 Å². The normalized spacial score (nSPS) is 17.9. The first-order valence-electron chi connectivity index (χ1n) is 8.13. The SMILES string of the molecule is O=C(CC[C@@H]1CCCO1)NCCCc1nc2ccccc2[nH]1. The highest BCUT2D eigenvalue weighted by molar-refractivity contribution is 5.76. The Balaban J connectivity index is 1.33. The zero-order valence-corrected chi connectivity index (χ0v) is 12.8. The summed E-state index contributed by atoms with van der Waals surface area (Å²) in [6.07, 6.45) is 5.67. The molecule has 2 heterocycles. The molecule has 0 spiro atoms. The highest BCUT2D eigenvalue weighted by atomic mass is 16.5. The number of para-hydroxylation sites is 2. The standard InChI is InChI=1S/C17H23N3O2/c21-17(10-9-13-5-4-12-22-13)18-11-3-8-16-19-14-6-1-2-7-15(14)20-16/h1-2,6-7,13H,3-5,8-12H2,(H,18,21)(H,19,20)/t13-/m0/s1. The number of imidazole rings is 1. The number of fused-ring (bicyclic) bond motifs is 1. The van der Waals surface area contributed by atoms with Crippen molar-refractivity contribution in [3.63, 3.8) is 0 Å². The van der Waals surface area contributed by atoms with Gasteiger partial charge in [0.15, 0.2) is 0 Å². The van der Waals surface area contributed by atoms with E-state index in [1.807, 2.05) is 24.3 Å². The minimum atomic E-state index is 0.125. The first-order chi connectivity index (χ1) is 10.8. The maximum Gasteiger partial charge on any atom is 0.220 e. The fourth-order valence-electron chi connectivity index (χ4n) is 2.86. The van der Waals surface area contributed by atoms with Crippen LogP contribution >= 0.6 is 0 Å². The van der Waals surface area contributed by atoms with E-state index in [2.05, 4.69) is 15.3 Å². The molecule has 1 aromatic heterocycles. The van der Waals surface area contributed by atoms with Crippen LogP contribution in [0, 0.1) is 0 Å². The number of hydrogen-bond donors (Lipinski definition) is 2.